The molecule has 2 aliphatic rings. The van der Waals surface area contributed by atoms with Crippen LogP contribution >= 0.6 is 0 Å². The Kier molecular flexibility index (Phi) is 5.56. The van der Waals surface area contributed by atoms with Gasteiger partial charge < -0.3 is 25.2 Å². The van der Waals surface area contributed by atoms with Gasteiger partial charge in [-0.2, -0.15) is 0 Å². The van der Waals surface area contributed by atoms with Crippen LogP contribution < -0.4 is 15.4 Å². The number of carbonyl (C=O) groups excluding carboxylic acids is 3. The number of amides is 4. The summed E-state index contributed by atoms with van der Waals surface area (Å²) >= 11 is 0. The number of fused-ring (bicyclic) bond motifs is 1. The number of ether oxygens (including phenoxy) is 1. The SMILES string of the molecule is COc1cccc(NC(=O)N2CCN3C(=O)C(Cc4ccccc4)NC(=O)C3C2)c1. The van der Waals surface area contributed by atoms with E-state index in [9.17, 15) is 14.4 Å². The standard InChI is InChI=1S/C22H24N4O4/c1-30-17-9-5-8-16(13-17)23-22(29)25-10-11-26-19(14-25)20(27)24-18(21(26)28)12-15-6-3-2-4-7-15/h2-9,13,18-19H,10-12,14H2,1H3,(H,23,29)(H,24,27). The first-order valence-electron chi connectivity index (χ1n) is 9.90. The van der Waals surface area contributed by atoms with Crippen LogP contribution in [0.2, 0.25) is 0 Å². The second-order valence-electron chi connectivity index (χ2n) is 7.41. The van der Waals surface area contributed by atoms with Gasteiger partial charge in [-0.05, 0) is 17.7 Å². The molecule has 0 aliphatic carbocycles. The zero-order valence-corrected chi connectivity index (χ0v) is 16.7. The highest BCUT2D eigenvalue weighted by atomic mass is 16.5. The van der Waals surface area contributed by atoms with E-state index in [0.29, 0.717) is 30.9 Å². The first kappa shape index (κ1) is 19.8. The Bertz CT molecular complexity index is 949. The summed E-state index contributed by atoms with van der Waals surface area (Å²) in [4.78, 5) is 41.5. The molecule has 156 valence electrons. The lowest BCUT2D eigenvalue weighted by atomic mass is 9.99. The van der Waals surface area contributed by atoms with Crippen LogP contribution in [-0.2, 0) is 16.0 Å². The Morgan fingerprint density at radius 3 is 2.70 bits per heavy atom. The van der Waals surface area contributed by atoms with Crippen LogP contribution in [0.3, 0.4) is 0 Å². The van der Waals surface area contributed by atoms with Crippen LogP contribution in [0, 0.1) is 0 Å². The van der Waals surface area contributed by atoms with Gasteiger partial charge >= 0.3 is 6.03 Å². The summed E-state index contributed by atoms with van der Waals surface area (Å²) in [7, 11) is 1.56. The molecule has 0 aromatic heterocycles. The lowest BCUT2D eigenvalue weighted by molar-refractivity contribution is -0.152. The Morgan fingerprint density at radius 1 is 1.13 bits per heavy atom. The van der Waals surface area contributed by atoms with Crippen LogP contribution in [0.15, 0.2) is 54.6 Å². The Balaban J connectivity index is 1.40. The highest BCUT2D eigenvalue weighted by Crippen LogP contribution is 2.21. The molecule has 4 rings (SSSR count). The Morgan fingerprint density at radius 2 is 1.93 bits per heavy atom. The van der Waals surface area contributed by atoms with E-state index in [1.165, 1.54) is 0 Å². The molecule has 8 nitrogen and oxygen atoms in total. The predicted octanol–water partition coefficient (Wildman–Crippen LogP) is 1.48. The number of urea groups is 1. The first-order valence-corrected chi connectivity index (χ1v) is 9.90. The number of hydrogen-bond donors (Lipinski definition) is 2. The number of nitrogens with one attached hydrogen (secondary N) is 2. The molecule has 30 heavy (non-hydrogen) atoms. The summed E-state index contributed by atoms with van der Waals surface area (Å²) in [5.41, 5.74) is 1.60. The molecular weight excluding hydrogens is 384 g/mol. The quantitative estimate of drug-likeness (QED) is 0.802. The molecule has 8 heteroatoms. The van der Waals surface area contributed by atoms with Gasteiger partial charge in [0.05, 0.1) is 13.7 Å². The maximum absolute atomic E-state index is 12.9. The average molecular weight is 408 g/mol. The molecule has 2 fully saturated rings. The van der Waals surface area contributed by atoms with Gasteiger partial charge in [-0.3, -0.25) is 9.59 Å². The highest BCUT2D eigenvalue weighted by Gasteiger charge is 2.44. The number of hydrogen-bond acceptors (Lipinski definition) is 4. The molecular formula is C22H24N4O4. The minimum Gasteiger partial charge on any atom is -0.497 e. The molecule has 2 aromatic rings. The molecule has 2 unspecified atom stereocenters. The molecule has 2 heterocycles. The van der Waals surface area contributed by atoms with Gasteiger partial charge in [-0.25, -0.2) is 4.79 Å². The molecule has 2 atom stereocenters. The van der Waals surface area contributed by atoms with Crippen molar-refractivity contribution in [3.63, 3.8) is 0 Å². The summed E-state index contributed by atoms with van der Waals surface area (Å²) < 4.78 is 5.17. The maximum atomic E-state index is 12.9. The van der Waals surface area contributed by atoms with E-state index in [1.807, 2.05) is 30.3 Å². The fourth-order valence-electron chi connectivity index (χ4n) is 3.88. The van der Waals surface area contributed by atoms with E-state index in [2.05, 4.69) is 10.6 Å². The zero-order valence-electron chi connectivity index (χ0n) is 16.7. The summed E-state index contributed by atoms with van der Waals surface area (Å²) in [6, 6.07) is 15.1. The Labute approximate surface area is 174 Å². The number of methoxy groups -OCH3 is 1. The molecule has 4 amide bonds. The van der Waals surface area contributed by atoms with Crippen LogP contribution in [0.25, 0.3) is 0 Å². The molecule has 0 spiro atoms. The largest absolute Gasteiger partial charge is 0.497 e. The maximum Gasteiger partial charge on any atom is 0.321 e. The summed E-state index contributed by atoms with van der Waals surface area (Å²) in [5, 5.41) is 5.65. The average Bonchev–Trinajstić information content (AvgIpc) is 2.77. The lowest BCUT2D eigenvalue weighted by Gasteiger charge is -2.45. The van der Waals surface area contributed by atoms with Crippen LogP contribution in [0.5, 0.6) is 5.75 Å². The minimum atomic E-state index is -0.672. The van der Waals surface area contributed by atoms with Gasteiger partial charge in [0.25, 0.3) is 0 Å². The summed E-state index contributed by atoms with van der Waals surface area (Å²) in [5.74, 6) is 0.310. The van der Waals surface area contributed by atoms with Crippen molar-refractivity contribution in [2.75, 3.05) is 32.1 Å². The minimum absolute atomic E-state index is 0.101. The number of nitrogens with zero attached hydrogens (tertiary/aromatic N) is 2. The molecule has 2 aliphatic heterocycles. The highest BCUT2D eigenvalue weighted by molar-refractivity contribution is 5.98. The monoisotopic (exact) mass is 408 g/mol. The second kappa shape index (κ2) is 8.44. The van der Waals surface area contributed by atoms with Crippen molar-refractivity contribution in [1.82, 2.24) is 15.1 Å². The van der Waals surface area contributed by atoms with Crippen molar-refractivity contribution in [3.8, 4) is 5.75 Å². The third-order valence-electron chi connectivity index (χ3n) is 5.47. The van der Waals surface area contributed by atoms with Crippen LogP contribution in [-0.4, -0.2) is 66.5 Å². The van der Waals surface area contributed by atoms with Crippen LogP contribution in [0.1, 0.15) is 5.56 Å². The summed E-state index contributed by atoms with van der Waals surface area (Å²) in [6.45, 7) is 0.850. The number of rotatable bonds is 4. The number of piperazine rings is 2. The second-order valence-corrected chi connectivity index (χ2v) is 7.41. The van der Waals surface area contributed by atoms with Crippen molar-refractivity contribution < 1.29 is 19.1 Å². The molecule has 0 bridgehead atoms. The normalized spacial score (nSPS) is 21.0. The van der Waals surface area contributed by atoms with E-state index in [-0.39, 0.29) is 24.4 Å². The van der Waals surface area contributed by atoms with E-state index < -0.39 is 12.1 Å². The third kappa shape index (κ3) is 4.07. The van der Waals surface area contributed by atoms with Gasteiger partial charge in [0.2, 0.25) is 11.8 Å². The van der Waals surface area contributed by atoms with Gasteiger partial charge in [0.15, 0.2) is 0 Å². The molecule has 0 radical (unpaired) electrons. The fourth-order valence-corrected chi connectivity index (χ4v) is 3.88. The smallest absolute Gasteiger partial charge is 0.321 e. The van der Waals surface area contributed by atoms with E-state index >= 15 is 0 Å². The van der Waals surface area contributed by atoms with Gasteiger partial charge in [0, 0.05) is 31.3 Å². The number of carbonyl (C=O) groups is 3. The van der Waals surface area contributed by atoms with Crippen molar-refractivity contribution in [3.05, 3.63) is 60.2 Å². The summed E-state index contributed by atoms with van der Waals surface area (Å²) in [6.07, 6.45) is 0.453. The third-order valence-corrected chi connectivity index (χ3v) is 5.47. The van der Waals surface area contributed by atoms with Crippen molar-refractivity contribution in [1.29, 1.82) is 0 Å². The molecule has 2 saturated heterocycles. The lowest BCUT2D eigenvalue weighted by Crippen LogP contribution is -2.70. The van der Waals surface area contributed by atoms with Crippen molar-refractivity contribution >= 4 is 23.5 Å². The topological polar surface area (TPSA) is 91.0 Å². The number of benzene rings is 2. The molecule has 2 N–H and O–H groups in total. The fraction of sp³-hybridized carbons (Fsp3) is 0.318. The van der Waals surface area contributed by atoms with E-state index in [4.69, 9.17) is 4.74 Å². The predicted molar refractivity (Wildman–Crippen MR) is 111 cm³/mol. The first-order chi connectivity index (χ1) is 14.5. The van der Waals surface area contributed by atoms with Gasteiger partial charge in [0.1, 0.15) is 17.8 Å². The van der Waals surface area contributed by atoms with Crippen molar-refractivity contribution in [2.45, 2.75) is 18.5 Å². The van der Waals surface area contributed by atoms with Crippen molar-refractivity contribution in [2.24, 2.45) is 0 Å². The van der Waals surface area contributed by atoms with Gasteiger partial charge in [-0.15, -0.1) is 0 Å². The molecule has 0 saturated carbocycles. The molecule has 2 aromatic carbocycles. The van der Waals surface area contributed by atoms with E-state index in [0.717, 1.165) is 5.56 Å². The Hall–Kier alpha value is -3.55. The van der Waals surface area contributed by atoms with Gasteiger partial charge in [-0.1, -0.05) is 36.4 Å². The zero-order chi connectivity index (χ0) is 21.1. The number of anilines is 1. The van der Waals surface area contributed by atoms with E-state index in [1.54, 1.807) is 41.2 Å². The van der Waals surface area contributed by atoms with Crippen LogP contribution in [0.4, 0.5) is 10.5 Å².